The van der Waals surface area contributed by atoms with Crippen molar-refractivity contribution in [3.8, 4) is 77.9 Å². The van der Waals surface area contributed by atoms with Gasteiger partial charge in [0.05, 0.1) is 0 Å². The molecule has 69 heavy (non-hydrogen) atoms. The maximum Gasteiger partial charge on any atom is 0.0159 e. The molecular weight excluding hydrogens is 829 g/mol. The Labute approximate surface area is 405 Å². The molecule has 328 valence electrons. The van der Waals surface area contributed by atoms with Crippen LogP contribution in [0.15, 0.2) is 206 Å². The number of hydrogen-bond donors (Lipinski definition) is 0. The first-order chi connectivity index (χ1) is 33.5. The van der Waals surface area contributed by atoms with Crippen LogP contribution in [0.1, 0.15) is 74.9 Å². The molecule has 0 saturated heterocycles. The van der Waals surface area contributed by atoms with Gasteiger partial charge >= 0.3 is 0 Å². The van der Waals surface area contributed by atoms with Crippen molar-refractivity contribution < 1.29 is 0 Å². The van der Waals surface area contributed by atoms with Crippen LogP contribution in [0.4, 0.5) is 0 Å². The Morgan fingerprint density at radius 2 is 0.594 bits per heavy atom. The first-order valence-electron chi connectivity index (χ1n) is 24.7. The Morgan fingerprint density at radius 3 is 1.25 bits per heavy atom. The third kappa shape index (κ3) is 5.64. The fourth-order valence-corrected chi connectivity index (χ4v) is 13.2. The number of hydrogen-bond acceptors (Lipinski definition) is 0. The third-order valence-electron chi connectivity index (χ3n) is 16.9. The van der Waals surface area contributed by atoms with E-state index < -0.39 is 0 Å². The summed E-state index contributed by atoms with van der Waals surface area (Å²) in [6.45, 7) is 14.3. The van der Waals surface area contributed by atoms with Crippen LogP contribution in [0.3, 0.4) is 0 Å². The van der Waals surface area contributed by atoms with Crippen LogP contribution in [-0.2, 0) is 16.2 Å². The molecule has 11 aromatic carbocycles. The van der Waals surface area contributed by atoms with Crippen molar-refractivity contribution in [2.45, 2.75) is 57.8 Å². The molecule has 0 N–H and O–H groups in total. The van der Waals surface area contributed by atoms with Gasteiger partial charge in [0.25, 0.3) is 0 Å². The molecule has 0 aliphatic heterocycles. The van der Waals surface area contributed by atoms with Gasteiger partial charge in [0, 0.05) is 16.2 Å². The molecule has 0 saturated carbocycles. The molecule has 3 aliphatic carbocycles. The molecule has 3 aliphatic rings. The van der Waals surface area contributed by atoms with Gasteiger partial charge in [-0.25, -0.2) is 0 Å². The second-order valence-electron chi connectivity index (χ2n) is 21.6. The molecular formula is C69H52. The molecule has 0 unspecified atom stereocenters. The van der Waals surface area contributed by atoms with Crippen LogP contribution in [0.2, 0.25) is 0 Å². The van der Waals surface area contributed by atoms with E-state index in [1.807, 2.05) is 0 Å². The maximum atomic E-state index is 2.52. The summed E-state index contributed by atoms with van der Waals surface area (Å²) in [4.78, 5) is 0. The largest absolute Gasteiger partial charge is 0.0619 e. The Hall–Kier alpha value is -7.80. The van der Waals surface area contributed by atoms with Gasteiger partial charge in [-0.15, -0.1) is 0 Å². The van der Waals surface area contributed by atoms with Crippen LogP contribution in [0.25, 0.3) is 110 Å². The van der Waals surface area contributed by atoms with Crippen molar-refractivity contribution in [3.63, 3.8) is 0 Å². The van der Waals surface area contributed by atoms with Gasteiger partial charge in [0.2, 0.25) is 0 Å². The maximum absolute atomic E-state index is 2.52. The molecule has 0 bridgehead atoms. The standard InChI is InChI=1S/C69H52/c1-67(2)60-22-14-12-18-50(60)57-37-47(29-34-61(57)67)66-55-20-10-9-19-54(55)65(56-33-27-44(36-58(56)66)46-26-30-51-49-17-11-13-21-59(49)68(3,4)62(51)39-46)48-28-32-53-52-31-25-45(38-63(52)69(5,6)64(53)40-48)43-24-23-41-15-7-8-16-42(41)35-43/h7-40H,1-6H3. The summed E-state index contributed by atoms with van der Waals surface area (Å²) >= 11 is 0. The molecule has 14 rings (SSSR count). The van der Waals surface area contributed by atoms with Gasteiger partial charge in [-0.1, -0.05) is 211 Å². The lowest BCUT2D eigenvalue weighted by Gasteiger charge is -2.24. The van der Waals surface area contributed by atoms with E-state index in [9.17, 15) is 0 Å². The predicted octanol–water partition coefficient (Wildman–Crippen LogP) is 18.7. The first kappa shape index (κ1) is 40.3. The van der Waals surface area contributed by atoms with Crippen molar-refractivity contribution in [3.05, 3.63) is 240 Å². The van der Waals surface area contributed by atoms with Crippen LogP contribution >= 0.6 is 0 Å². The highest BCUT2D eigenvalue weighted by Crippen LogP contribution is 2.55. The summed E-state index contributed by atoms with van der Waals surface area (Å²) in [6.07, 6.45) is 0. The van der Waals surface area contributed by atoms with E-state index in [4.69, 9.17) is 0 Å². The van der Waals surface area contributed by atoms with Gasteiger partial charge in [0.1, 0.15) is 0 Å². The molecule has 0 heterocycles. The van der Waals surface area contributed by atoms with Crippen LogP contribution in [0, 0.1) is 0 Å². The molecule has 0 heteroatoms. The van der Waals surface area contributed by atoms with Gasteiger partial charge in [-0.2, -0.15) is 0 Å². The fraction of sp³-hybridized carbons (Fsp3) is 0.130. The molecule has 0 nitrogen and oxygen atoms in total. The van der Waals surface area contributed by atoms with Crippen molar-refractivity contribution in [2.75, 3.05) is 0 Å². The van der Waals surface area contributed by atoms with Crippen molar-refractivity contribution in [1.82, 2.24) is 0 Å². The quantitative estimate of drug-likeness (QED) is 0.155. The predicted molar refractivity (Wildman–Crippen MR) is 293 cm³/mol. The van der Waals surface area contributed by atoms with Crippen molar-refractivity contribution in [2.24, 2.45) is 0 Å². The van der Waals surface area contributed by atoms with E-state index in [0.29, 0.717) is 0 Å². The lowest BCUT2D eigenvalue weighted by atomic mass is 9.79. The highest BCUT2D eigenvalue weighted by molar-refractivity contribution is 6.22. The lowest BCUT2D eigenvalue weighted by molar-refractivity contribution is 0.660. The van der Waals surface area contributed by atoms with Gasteiger partial charge in [-0.05, 0) is 180 Å². The van der Waals surface area contributed by atoms with Crippen LogP contribution in [0.5, 0.6) is 0 Å². The Balaban J connectivity index is 0.973. The minimum atomic E-state index is -0.193. The van der Waals surface area contributed by atoms with Crippen molar-refractivity contribution >= 4 is 32.3 Å². The molecule has 0 spiro atoms. The van der Waals surface area contributed by atoms with E-state index >= 15 is 0 Å². The van der Waals surface area contributed by atoms with E-state index in [1.54, 1.807) is 0 Å². The fourth-order valence-electron chi connectivity index (χ4n) is 13.2. The minimum absolute atomic E-state index is 0.0639. The van der Waals surface area contributed by atoms with Crippen LogP contribution < -0.4 is 0 Å². The Morgan fingerprint density at radius 1 is 0.217 bits per heavy atom. The zero-order valence-corrected chi connectivity index (χ0v) is 40.1. The summed E-state index contributed by atoms with van der Waals surface area (Å²) in [5.41, 5.74) is 26.2. The molecule has 11 aromatic rings. The summed E-state index contributed by atoms with van der Waals surface area (Å²) in [6, 6.07) is 78.9. The molecule has 0 aromatic heterocycles. The topological polar surface area (TPSA) is 0 Å². The summed E-state index contributed by atoms with van der Waals surface area (Å²) in [5, 5.41) is 7.64. The van der Waals surface area contributed by atoms with Gasteiger partial charge < -0.3 is 0 Å². The minimum Gasteiger partial charge on any atom is -0.0619 e. The monoisotopic (exact) mass is 880 g/mol. The van der Waals surface area contributed by atoms with Crippen LogP contribution in [-0.4, -0.2) is 0 Å². The van der Waals surface area contributed by atoms with Gasteiger partial charge in [-0.3, -0.25) is 0 Å². The lowest BCUT2D eigenvalue weighted by Crippen LogP contribution is -2.15. The molecule has 0 fully saturated rings. The highest BCUT2D eigenvalue weighted by atomic mass is 14.4. The zero-order chi connectivity index (χ0) is 46.6. The SMILES string of the molecule is CC1(C)c2ccccc2-c2cc(-c3c4ccccc4c(-c4ccc5c(c4)C(C)(C)c4cc(-c6ccc7ccccc7c6)ccc4-5)c4ccc(-c5ccc6c(c5)C(C)(C)c5ccccc5-6)cc34)ccc21. The summed E-state index contributed by atoms with van der Waals surface area (Å²) < 4.78 is 0. The van der Waals surface area contributed by atoms with E-state index in [-0.39, 0.29) is 16.2 Å². The normalized spacial score (nSPS) is 15.2. The Kier molecular flexibility index (Phi) is 8.25. The van der Waals surface area contributed by atoms with E-state index in [1.165, 1.54) is 144 Å². The average molecular weight is 881 g/mol. The van der Waals surface area contributed by atoms with Crippen molar-refractivity contribution in [1.29, 1.82) is 0 Å². The average Bonchev–Trinajstić information content (AvgIpc) is 3.86. The zero-order valence-electron chi connectivity index (χ0n) is 40.1. The number of rotatable bonds is 4. The summed E-state index contributed by atoms with van der Waals surface area (Å²) in [7, 11) is 0. The molecule has 0 amide bonds. The number of fused-ring (bicyclic) bond motifs is 12. The first-order valence-corrected chi connectivity index (χ1v) is 24.7. The second kappa shape index (κ2) is 14.1. The highest BCUT2D eigenvalue weighted by Gasteiger charge is 2.38. The Bertz CT molecular complexity index is 4040. The molecule has 0 radical (unpaired) electrons. The summed E-state index contributed by atoms with van der Waals surface area (Å²) in [5.74, 6) is 0. The van der Waals surface area contributed by atoms with E-state index in [2.05, 4.69) is 248 Å². The molecule has 0 atom stereocenters. The smallest absolute Gasteiger partial charge is 0.0159 e. The number of benzene rings is 11. The van der Waals surface area contributed by atoms with E-state index in [0.717, 1.165) is 0 Å². The van der Waals surface area contributed by atoms with Gasteiger partial charge in [0.15, 0.2) is 0 Å². The third-order valence-corrected chi connectivity index (χ3v) is 16.9. The second-order valence-corrected chi connectivity index (χ2v) is 21.6.